The molecule has 88 valence electrons. The van der Waals surface area contributed by atoms with Crippen molar-refractivity contribution >= 4 is 28.1 Å². The lowest BCUT2D eigenvalue weighted by Gasteiger charge is -2.14. The Morgan fingerprint density at radius 1 is 1.69 bits per heavy atom. The summed E-state index contributed by atoms with van der Waals surface area (Å²) in [6.45, 7) is 2.38. The fourth-order valence-electron chi connectivity index (χ4n) is 1.27. The van der Waals surface area contributed by atoms with Gasteiger partial charge in [-0.3, -0.25) is 14.4 Å². The number of rotatable bonds is 4. The van der Waals surface area contributed by atoms with Crippen molar-refractivity contribution in [2.24, 2.45) is 0 Å². The summed E-state index contributed by atoms with van der Waals surface area (Å²) in [5.41, 5.74) is 0.316. The number of hydroxylamine groups is 2. The molecule has 1 aromatic heterocycles. The zero-order valence-electron chi connectivity index (χ0n) is 9.23. The third kappa shape index (κ3) is 2.14. The van der Waals surface area contributed by atoms with E-state index in [0.717, 1.165) is 5.06 Å². The van der Waals surface area contributed by atoms with Crippen molar-refractivity contribution in [3.8, 4) is 0 Å². The Hall–Kier alpha value is -1.21. The minimum absolute atomic E-state index is 0.0997. The Balaban J connectivity index is 3.29. The number of nitrogens with zero attached hydrogens (tertiary/aromatic N) is 3. The van der Waals surface area contributed by atoms with Gasteiger partial charge in [0.15, 0.2) is 11.0 Å². The molecule has 0 spiro atoms. The van der Waals surface area contributed by atoms with E-state index in [0.29, 0.717) is 17.6 Å². The molecule has 0 radical (unpaired) electrons. The van der Waals surface area contributed by atoms with Crippen molar-refractivity contribution in [3.05, 3.63) is 16.1 Å². The average molecular weight is 290 g/mol. The Morgan fingerprint density at radius 2 is 2.31 bits per heavy atom. The Labute approximate surface area is 101 Å². The zero-order valence-corrected chi connectivity index (χ0v) is 10.8. The first-order valence-corrected chi connectivity index (χ1v) is 5.39. The number of imidazole rings is 1. The lowest BCUT2D eigenvalue weighted by atomic mass is 10.3. The summed E-state index contributed by atoms with van der Waals surface area (Å²) in [5, 5.41) is 1.04. The largest absolute Gasteiger partial charge is 0.314 e. The maximum atomic E-state index is 11.9. The van der Waals surface area contributed by atoms with Gasteiger partial charge in [0.1, 0.15) is 11.4 Å². The van der Waals surface area contributed by atoms with Crippen LogP contribution in [0.15, 0.2) is 4.73 Å². The van der Waals surface area contributed by atoms with Crippen LogP contribution in [0.4, 0.5) is 0 Å². The number of aldehydes is 1. The summed E-state index contributed by atoms with van der Waals surface area (Å²) >= 11 is 3.19. The van der Waals surface area contributed by atoms with Crippen LogP contribution in [0.3, 0.4) is 0 Å². The molecule has 0 atom stereocenters. The molecule has 0 aliphatic carbocycles. The van der Waals surface area contributed by atoms with Crippen molar-refractivity contribution in [2.45, 2.75) is 13.5 Å². The maximum Gasteiger partial charge on any atom is 0.296 e. The molecule has 0 saturated carbocycles. The van der Waals surface area contributed by atoms with E-state index < -0.39 is 5.91 Å². The van der Waals surface area contributed by atoms with Gasteiger partial charge >= 0.3 is 0 Å². The molecule has 6 nitrogen and oxygen atoms in total. The smallest absolute Gasteiger partial charge is 0.296 e. The van der Waals surface area contributed by atoms with Crippen molar-refractivity contribution in [1.29, 1.82) is 0 Å². The number of amides is 1. The highest BCUT2D eigenvalue weighted by Gasteiger charge is 2.23. The molecule has 1 aromatic rings. The first-order valence-electron chi connectivity index (χ1n) is 4.60. The summed E-state index contributed by atoms with van der Waals surface area (Å²) in [5.74, 6) is -0.412. The van der Waals surface area contributed by atoms with Gasteiger partial charge in [-0.15, -0.1) is 0 Å². The molecule has 0 aromatic carbocycles. The van der Waals surface area contributed by atoms with Crippen LogP contribution in [0, 0.1) is 0 Å². The molecule has 16 heavy (non-hydrogen) atoms. The molecular weight excluding hydrogens is 278 g/mol. The second kappa shape index (κ2) is 5.22. The van der Waals surface area contributed by atoms with Crippen LogP contribution >= 0.6 is 15.9 Å². The van der Waals surface area contributed by atoms with E-state index in [4.69, 9.17) is 4.84 Å². The fourth-order valence-corrected chi connectivity index (χ4v) is 1.89. The van der Waals surface area contributed by atoms with Gasteiger partial charge in [-0.25, -0.2) is 10.0 Å². The molecule has 0 aliphatic heterocycles. The quantitative estimate of drug-likeness (QED) is 0.615. The summed E-state index contributed by atoms with van der Waals surface area (Å²) in [7, 11) is 2.85. The molecule has 0 N–H and O–H groups in total. The van der Waals surface area contributed by atoms with Gasteiger partial charge in [0.25, 0.3) is 5.91 Å². The molecular formula is C9H12BrN3O3. The highest BCUT2D eigenvalue weighted by atomic mass is 79.9. The Bertz CT molecular complexity index is 416. The van der Waals surface area contributed by atoms with Gasteiger partial charge in [-0.05, 0) is 22.9 Å². The highest BCUT2D eigenvalue weighted by molar-refractivity contribution is 9.10. The summed E-state index contributed by atoms with van der Waals surface area (Å²) < 4.78 is 2.05. The molecule has 0 unspecified atom stereocenters. The van der Waals surface area contributed by atoms with Crippen LogP contribution in [-0.2, 0) is 11.4 Å². The van der Waals surface area contributed by atoms with Crippen LogP contribution in [0.5, 0.6) is 0 Å². The van der Waals surface area contributed by atoms with Crippen molar-refractivity contribution < 1.29 is 14.4 Å². The molecule has 1 rings (SSSR count). The van der Waals surface area contributed by atoms with E-state index in [1.54, 1.807) is 4.57 Å². The predicted octanol–water partition coefficient (Wildman–Crippen LogP) is 1.11. The first-order chi connectivity index (χ1) is 7.56. The topological polar surface area (TPSA) is 64.4 Å². The van der Waals surface area contributed by atoms with Crippen LogP contribution in [0.1, 0.15) is 27.9 Å². The second-order valence-electron chi connectivity index (χ2n) is 2.96. The van der Waals surface area contributed by atoms with E-state index in [-0.39, 0.29) is 11.4 Å². The lowest BCUT2D eigenvalue weighted by Crippen LogP contribution is -2.28. The van der Waals surface area contributed by atoms with Gasteiger partial charge in [0.2, 0.25) is 0 Å². The number of aromatic nitrogens is 2. The van der Waals surface area contributed by atoms with Gasteiger partial charge in [0, 0.05) is 13.6 Å². The molecule has 0 bridgehead atoms. The second-order valence-corrected chi connectivity index (χ2v) is 3.67. The minimum atomic E-state index is -0.412. The average Bonchev–Trinajstić information content (AvgIpc) is 2.62. The molecule has 0 saturated heterocycles. The monoisotopic (exact) mass is 289 g/mol. The van der Waals surface area contributed by atoms with Crippen molar-refractivity contribution in [3.63, 3.8) is 0 Å². The maximum absolute atomic E-state index is 11.9. The standard InChI is InChI=1S/C9H12BrN3O3/c1-4-13-7(8(15)12(2)16-3)6(5-14)11-9(13)10/h5H,4H2,1-3H3. The molecule has 7 heteroatoms. The van der Waals surface area contributed by atoms with E-state index in [2.05, 4.69) is 20.9 Å². The van der Waals surface area contributed by atoms with Gasteiger partial charge < -0.3 is 4.57 Å². The van der Waals surface area contributed by atoms with Crippen LogP contribution in [-0.4, -0.2) is 41.0 Å². The predicted molar refractivity (Wildman–Crippen MR) is 60.1 cm³/mol. The summed E-state index contributed by atoms with van der Waals surface area (Å²) in [6.07, 6.45) is 0.549. The summed E-state index contributed by atoms with van der Waals surface area (Å²) in [4.78, 5) is 31.5. The number of hydrogen-bond donors (Lipinski definition) is 0. The van der Waals surface area contributed by atoms with E-state index in [1.165, 1.54) is 14.2 Å². The zero-order chi connectivity index (χ0) is 12.3. The van der Waals surface area contributed by atoms with E-state index in [9.17, 15) is 9.59 Å². The van der Waals surface area contributed by atoms with Crippen molar-refractivity contribution in [1.82, 2.24) is 14.6 Å². The third-order valence-corrected chi connectivity index (χ3v) is 2.74. The van der Waals surface area contributed by atoms with Gasteiger partial charge in [-0.1, -0.05) is 0 Å². The molecule has 0 fully saturated rings. The number of halogens is 1. The van der Waals surface area contributed by atoms with E-state index in [1.807, 2.05) is 6.92 Å². The summed E-state index contributed by atoms with van der Waals surface area (Å²) in [6, 6.07) is 0. The minimum Gasteiger partial charge on any atom is -0.314 e. The SMILES string of the molecule is CCn1c(Br)nc(C=O)c1C(=O)N(C)OC. The Kier molecular flexibility index (Phi) is 4.19. The van der Waals surface area contributed by atoms with Gasteiger partial charge in [0.05, 0.1) is 7.11 Å². The third-order valence-electron chi connectivity index (χ3n) is 2.14. The van der Waals surface area contributed by atoms with Crippen LogP contribution in [0.25, 0.3) is 0 Å². The number of hydrogen-bond acceptors (Lipinski definition) is 4. The number of carbonyl (C=O) groups is 2. The normalized spacial score (nSPS) is 10.2. The number of carbonyl (C=O) groups excluding carboxylic acids is 2. The first kappa shape index (κ1) is 12.9. The Morgan fingerprint density at radius 3 is 2.75 bits per heavy atom. The molecule has 0 aliphatic rings. The lowest BCUT2D eigenvalue weighted by molar-refractivity contribution is -0.0763. The van der Waals surface area contributed by atoms with Crippen LogP contribution < -0.4 is 0 Å². The van der Waals surface area contributed by atoms with Crippen LogP contribution in [0.2, 0.25) is 0 Å². The van der Waals surface area contributed by atoms with Gasteiger partial charge in [-0.2, -0.15) is 0 Å². The molecule has 1 amide bonds. The van der Waals surface area contributed by atoms with Crippen molar-refractivity contribution in [2.75, 3.05) is 14.2 Å². The van der Waals surface area contributed by atoms with E-state index >= 15 is 0 Å². The fraction of sp³-hybridized carbons (Fsp3) is 0.444. The molecule has 1 heterocycles. The highest BCUT2D eigenvalue weighted by Crippen LogP contribution is 2.17.